The van der Waals surface area contributed by atoms with Gasteiger partial charge in [-0.15, -0.1) is 0 Å². The van der Waals surface area contributed by atoms with Gasteiger partial charge in [-0.05, 0) is 196 Å². The lowest BCUT2D eigenvalue weighted by atomic mass is 9.95. The number of nitrogens with one attached hydrogen (secondary N) is 5. The summed E-state index contributed by atoms with van der Waals surface area (Å²) in [7, 11) is 3.09. The largest absolute Gasteiger partial charge is 0.497 e. The highest BCUT2D eigenvalue weighted by molar-refractivity contribution is 5.96. The van der Waals surface area contributed by atoms with Crippen LogP contribution in [0.25, 0.3) is 32.7 Å². The van der Waals surface area contributed by atoms with Crippen molar-refractivity contribution in [3.8, 4) is 56.8 Å². The van der Waals surface area contributed by atoms with Crippen LogP contribution in [0, 0.1) is 13.8 Å². The van der Waals surface area contributed by atoms with Gasteiger partial charge in [-0.2, -0.15) is 0 Å². The molecule has 0 fully saturated rings. The number of nitrogens with zero attached hydrogens (tertiary/aromatic N) is 3. The van der Waals surface area contributed by atoms with Crippen LogP contribution in [0.4, 0.5) is 4.79 Å². The van der Waals surface area contributed by atoms with Crippen LogP contribution in [0.5, 0.6) is 34.5 Å². The summed E-state index contributed by atoms with van der Waals surface area (Å²) in [6.07, 6.45) is 54.5. The monoisotopic (exact) mass is 2020 g/mol. The molecule has 0 aromatic heterocycles. The van der Waals surface area contributed by atoms with Crippen molar-refractivity contribution < 1.29 is 66.7 Å². The third-order valence-electron chi connectivity index (χ3n) is 28.1. The zero-order valence-electron chi connectivity index (χ0n) is 91.0. The van der Waals surface area contributed by atoms with E-state index in [9.17, 15) is 14.4 Å². The molecule has 1 aliphatic carbocycles. The summed E-state index contributed by atoms with van der Waals surface area (Å²) in [5.74, 6) is -0.229. The van der Waals surface area contributed by atoms with E-state index >= 15 is 14.4 Å². The van der Waals surface area contributed by atoms with Gasteiger partial charge in [0, 0.05) is 53.6 Å². The van der Waals surface area contributed by atoms with Gasteiger partial charge in [-0.25, -0.2) is 4.79 Å². The summed E-state index contributed by atoms with van der Waals surface area (Å²) in [4.78, 5) is 92.4. The number of carbonyl (C=O) groups is 6. The maximum atomic E-state index is 15.9. The highest BCUT2D eigenvalue weighted by Gasteiger charge is 2.36. The molecule has 0 spiro atoms. The number of aryl methyl sites for hydroxylation is 4. The third kappa shape index (κ3) is 45.6. The van der Waals surface area contributed by atoms with Crippen LogP contribution < -0.4 is 55.0 Å². The summed E-state index contributed by atoms with van der Waals surface area (Å²) in [5, 5.41) is 18.8. The fourth-order valence-electron chi connectivity index (χ4n) is 19.9. The molecule has 0 bridgehead atoms. The minimum absolute atomic E-state index is 0.0929. The molecule has 802 valence electrons. The number of carbonyl (C=O) groups excluding carboxylic acids is 6. The van der Waals surface area contributed by atoms with Gasteiger partial charge < -0.3 is 64.5 Å². The van der Waals surface area contributed by atoms with E-state index in [0.717, 1.165) is 92.6 Å². The minimum atomic E-state index is -1.62. The molecule has 5 N–H and O–H groups in total. The Morgan fingerprint density at radius 3 is 1.40 bits per heavy atom. The molecular formula is C125H178N8O14. The number of azide groups is 1. The second-order valence-corrected chi connectivity index (χ2v) is 41.5. The maximum absolute atomic E-state index is 15.9. The number of alkyl carbamates (subject to hydrolysis) is 1. The van der Waals surface area contributed by atoms with Crippen molar-refractivity contribution >= 4 is 35.7 Å². The number of methoxy groups -OCH3 is 2. The number of esters is 1. The van der Waals surface area contributed by atoms with Crippen LogP contribution in [0.15, 0.2) is 175 Å². The normalized spacial score (nSPS) is 12.4. The number of unbranched alkanes of at least 4 members (excludes halogenated alkanes) is 39. The molecule has 0 saturated carbocycles. The molecule has 0 aliphatic heterocycles. The van der Waals surface area contributed by atoms with Gasteiger partial charge >= 0.3 is 12.1 Å². The van der Waals surface area contributed by atoms with E-state index < -0.39 is 66.0 Å². The predicted octanol–water partition coefficient (Wildman–Crippen LogP) is 30.2. The van der Waals surface area contributed by atoms with Gasteiger partial charge in [0.2, 0.25) is 17.7 Å². The van der Waals surface area contributed by atoms with Crippen molar-refractivity contribution in [3.63, 3.8) is 0 Å². The quantitative estimate of drug-likeness (QED) is 0.00779. The summed E-state index contributed by atoms with van der Waals surface area (Å²) in [6, 6.07) is 48.8. The van der Waals surface area contributed by atoms with E-state index in [1.165, 1.54) is 238 Å². The van der Waals surface area contributed by atoms with Crippen LogP contribution in [-0.2, 0) is 59.3 Å². The van der Waals surface area contributed by atoms with E-state index in [1.807, 2.05) is 129 Å². The van der Waals surface area contributed by atoms with Gasteiger partial charge in [0.1, 0.15) is 64.8 Å². The molecule has 22 heteroatoms. The van der Waals surface area contributed by atoms with E-state index in [1.54, 1.807) is 64.3 Å². The summed E-state index contributed by atoms with van der Waals surface area (Å²) >= 11 is 0. The van der Waals surface area contributed by atoms with Gasteiger partial charge in [-0.1, -0.05) is 390 Å². The molecule has 8 aromatic rings. The van der Waals surface area contributed by atoms with Crippen molar-refractivity contribution in [1.82, 2.24) is 26.6 Å². The molecule has 1 aliphatic rings. The van der Waals surface area contributed by atoms with Crippen molar-refractivity contribution in [2.24, 2.45) is 5.11 Å². The van der Waals surface area contributed by atoms with E-state index in [0.29, 0.717) is 104 Å². The fourth-order valence-corrected chi connectivity index (χ4v) is 19.9. The first-order chi connectivity index (χ1) is 71.7. The average Bonchev–Trinajstić information content (AvgIpc) is 1.59. The molecule has 0 radical (unpaired) electrons. The SMILES string of the molecule is CCCCCCCCCCCCCCCCCCCCCCOc1ccc(CNC(=O)COc2ccc(C(NC(=O)[C@H](CCCc3cc(C)cc(C)c3)NC(=O)[C@H](Cc3ccc(-c4ccc(OCCCCN=[N+]=[N-])cc4CC)cc3)NC(=O)[C@H](CC(=O)OC(C)(C)C)NC(=O)OCC3c4ccccc4-c4ccccc43)c3ccc(OC)cc3OC)cc2)c(OCCCCCCCCCCCCCCCCCCCCCC)c1. The Morgan fingerprint density at radius 2 is 0.884 bits per heavy atom. The Balaban J connectivity index is 0.881. The van der Waals surface area contributed by atoms with Crippen molar-refractivity contribution in [1.29, 1.82) is 0 Å². The second kappa shape index (κ2) is 69.7. The average molecular weight is 2020 g/mol. The molecular weight excluding hydrogens is 1840 g/mol. The van der Waals surface area contributed by atoms with Gasteiger partial charge in [-0.3, -0.25) is 24.0 Å². The van der Waals surface area contributed by atoms with E-state index in [2.05, 4.69) is 75.6 Å². The van der Waals surface area contributed by atoms with E-state index in [-0.39, 0.29) is 44.4 Å². The standard InChI is InChI=1S/C125H178N8O14/c1-11-14-16-18-20-22-24-26-28-30-32-34-36-38-40-42-44-46-48-55-80-143-105-74-71-101(116(89-105)144-82-56-49-47-45-43-41-39-37-35-33-31-29-27-25-23-21-19-17-15-12-2)91-127-118(134)93-145-102-72-69-100(70-73-102)120(111-78-75-103(140-9)88-117(111)141-10)132-121(136)113(64-58-59-97-84-94(4)83-95(5)85-97)129-122(137)114(86-96-65-67-99(68-66-96)106-77-76-104(87-98(106)13-3)142-81-57-54-79-128-133-126)130-123(138)115(90-119(135)147-125(6,7)8)131-124(139)146-92-112-109-62-52-50-60-107(109)108-61-51-53-63-110(108)112/h50-53,60-63,65-78,83-85,87-89,112-115,120H,11-49,54-59,64,79-82,86,90-93H2,1-10H3,(H,127,134)(H,129,137)(H,130,138)(H,131,139)(H,132,136)/t113-,114-,115-,120?/m0/s1. The minimum Gasteiger partial charge on any atom is -0.497 e. The predicted molar refractivity (Wildman–Crippen MR) is 596 cm³/mol. The van der Waals surface area contributed by atoms with Crippen molar-refractivity contribution in [2.45, 2.75) is 406 Å². The molecule has 22 nitrogen and oxygen atoms in total. The van der Waals surface area contributed by atoms with Gasteiger partial charge in [0.25, 0.3) is 5.91 Å². The van der Waals surface area contributed by atoms with Crippen LogP contribution in [0.2, 0.25) is 0 Å². The Morgan fingerprint density at radius 1 is 0.415 bits per heavy atom. The molecule has 9 rings (SSSR count). The summed E-state index contributed by atoms with van der Waals surface area (Å²) < 4.78 is 48.9. The number of fused-ring (bicyclic) bond motifs is 3. The molecule has 1 unspecified atom stereocenters. The number of hydrogen-bond acceptors (Lipinski definition) is 15. The van der Waals surface area contributed by atoms with Gasteiger partial charge in [0.05, 0.1) is 46.5 Å². The number of rotatable bonds is 78. The number of benzene rings is 8. The van der Waals surface area contributed by atoms with Crippen molar-refractivity contribution in [2.75, 3.05) is 53.8 Å². The van der Waals surface area contributed by atoms with Crippen molar-refractivity contribution in [3.05, 3.63) is 236 Å². The number of hydrogen-bond donors (Lipinski definition) is 5. The summed E-state index contributed by atoms with van der Waals surface area (Å²) in [6.45, 7) is 17.6. The molecule has 4 atom stereocenters. The fraction of sp³-hybridized carbons (Fsp3) is 0.568. The van der Waals surface area contributed by atoms with E-state index in [4.69, 9.17) is 43.4 Å². The Hall–Kier alpha value is -11.5. The van der Waals surface area contributed by atoms with Crippen LogP contribution in [0.3, 0.4) is 0 Å². The lowest BCUT2D eigenvalue weighted by Crippen LogP contribution is -2.58. The topological polar surface area (TPSA) is 285 Å². The third-order valence-corrected chi connectivity index (χ3v) is 28.1. The lowest BCUT2D eigenvalue weighted by Gasteiger charge is -2.28. The first kappa shape index (κ1) is 119. The lowest BCUT2D eigenvalue weighted by molar-refractivity contribution is -0.156. The second-order valence-electron chi connectivity index (χ2n) is 41.5. The molecule has 5 amide bonds. The smallest absolute Gasteiger partial charge is 0.407 e. The first-order valence-electron chi connectivity index (χ1n) is 56.4. The Bertz CT molecular complexity index is 5140. The molecule has 147 heavy (non-hydrogen) atoms. The maximum Gasteiger partial charge on any atom is 0.407 e. The van der Waals surface area contributed by atoms with Crippen LogP contribution in [-0.4, -0.2) is 113 Å². The zero-order valence-corrected chi connectivity index (χ0v) is 91.0. The highest BCUT2D eigenvalue weighted by Crippen LogP contribution is 2.45. The number of ether oxygens (including phenoxy) is 8. The van der Waals surface area contributed by atoms with Crippen LogP contribution in [0.1, 0.15) is 398 Å². The zero-order chi connectivity index (χ0) is 105. The van der Waals surface area contributed by atoms with Gasteiger partial charge in [0.15, 0.2) is 6.61 Å². The number of amides is 5. The van der Waals surface area contributed by atoms with Crippen LogP contribution >= 0.6 is 0 Å². The molecule has 0 saturated heterocycles. The first-order valence-corrected chi connectivity index (χ1v) is 56.4. The Labute approximate surface area is 881 Å². The Kier molecular flexibility index (Phi) is 56.4. The summed E-state index contributed by atoms with van der Waals surface area (Å²) in [5.41, 5.74) is 20.4. The molecule has 0 heterocycles. The molecule has 8 aromatic carbocycles. The highest BCUT2D eigenvalue weighted by atomic mass is 16.6.